The summed E-state index contributed by atoms with van der Waals surface area (Å²) in [5.41, 5.74) is 2.47. The smallest absolute Gasteiger partial charge is 0.177 e. The Balaban J connectivity index is 1.66. The number of hydrogen-bond donors (Lipinski definition) is 0. The normalized spacial score (nSPS) is 11.2. The van der Waals surface area contributed by atoms with Gasteiger partial charge in [-0.15, -0.1) is 0 Å². The molecule has 136 valence electrons. The van der Waals surface area contributed by atoms with Crippen LogP contribution in [0.2, 0.25) is 0 Å². The van der Waals surface area contributed by atoms with E-state index < -0.39 is 0 Å². The zero-order chi connectivity index (χ0) is 18.6. The molecule has 0 bridgehead atoms. The van der Waals surface area contributed by atoms with Crippen LogP contribution in [-0.4, -0.2) is 20.0 Å². The Bertz CT molecular complexity index is 662. The highest BCUT2D eigenvalue weighted by molar-refractivity contribution is 5.99. The van der Waals surface area contributed by atoms with Crippen LogP contribution < -0.4 is 9.47 Å². The molecule has 3 heteroatoms. The predicted molar refractivity (Wildman–Crippen MR) is 106 cm³/mol. The van der Waals surface area contributed by atoms with Gasteiger partial charge in [0, 0.05) is 0 Å². The molecule has 3 nitrogen and oxygen atoms in total. The highest BCUT2D eigenvalue weighted by Gasteiger charge is 1.95. The predicted octanol–water partition coefficient (Wildman–Crippen LogP) is 4.95. The minimum absolute atomic E-state index is 0.0365. The van der Waals surface area contributed by atoms with E-state index in [0.29, 0.717) is 0 Å². The monoisotopic (exact) mass is 350 g/mol. The zero-order valence-electron chi connectivity index (χ0n) is 15.5. The average molecular weight is 350 g/mol. The van der Waals surface area contributed by atoms with Gasteiger partial charge in [-0.25, -0.2) is 0 Å². The Morgan fingerprint density at radius 1 is 0.731 bits per heavy atom. The van der Waals surface area contributed by atoms with Crippen LogP contribution in [0.15, 0.2) is 72.8 Å². The largest absolute Gasteiger partial charge is 0.497 e. The molecule has 0 aliphatic carbocycles. The second-order valence-electron chi connectivity index (χ2n) is 5.98. The number of benzene rings is 2. The average Bonchev–Trinajstić information content (AvgIpc) is 2.69. The maximum Gasteiger partial charge on any atom is 0.177 e. The highest BCUT2D eigenvalue weighted by Crippen LogP contribution is 2.13. The van der Waals surface area contributed by atoms with Crippen LogP contribution in [0, 0.1) is 0 Å². The van der Waals surface area contributed by atoms with Crippen molar-refractivity contribution in [2.45, 2.75) is 25.7 Å². The van der Waals surface area contributed by atoms with Crippen molar-refractivity contribution in [1.29, 1.82) is 0 Å². The third-order valence-corrected chi connectivity index (χ3v) is 4.08. The van der Waals surface area contributed by atoms with Crippen LogP contribution >= 0.6 is 0 Å². The van der Waals surface area contributed by atoms with Crippen molar-refractivity contribution in [3.63, 3.8) is 0 Å². The van der Waals surface area contributed by atoms with Crippen LogP contribution in [0.3, 0.4) is 0 Å². The number of methoxy groups -OCH3 is 2. The summed E-state index contributed by atoms with van der Waals surface area (Å²) in [6.07, 6.45) is 10.7. The maximum atomic E-state index is 11.8. The Labute approximate surface area is 156 Å². The summed E-state index contributed by atoms with van der Waals surface area (Å²) in [5, 5.41) is 0. The van der Waals surface area contributed by atoms with Gasteiger partial charge in [0.15, 0.2) is 5.78 Å². The first-order valence-corrected chi connectivity index (χ1v) is 8.84. The van der Waals surface area contributed by atoms with Crippen LogP contribution in [0.1, 0.15) is 24.0 Å². The number of carbonyl (C=O) groups excluding carboxylic acids is 1. The van der Waals surface area contributed by atoms with Crippen LogP contribution in [0.25, 0.3) is 0 Å². The number of hydrogen-bond acceptors (Lipinski definition) is 3. The lowest BCUT2D eigenvalue weighted by Gasteiger charge is -2.01. The molecular formula is C23H26O3. The number of rotatable bonds is 10. The van der Waals surface area contributed by atoms with Crippen LogP contribution in [0.5, 0.6) is 11.5 Å². The molecule has 0 aliphatic heterocycles. The van der Waals surface area contributed by atoms with Crippen molar-refractivity contribution in [2.75, 3.05) is 14.2 Å². The molecule has 0 saturated heterocycles. The van der Waals surface area contributed by atoms with Crippen molar-refractivity contribution in [3.8, 4) is 11.5 Å². The first kappa shape index (κ1) is 19.5. The van der Waals surface area contributed by atoms with Crippen molar-refractivity contribution in [3.05, 3.63) is 84.0 Å². The van der Waals surface area contributed by atoms with Crippen LogP contribution in [0.4, 0.5) is 0 Å². The van der Waals surface area contributed by atoms with Gasteiger partial charge in [0.05, 0.1) is 14.2 Å². The molecule has 0 fully saturated rings. The molecule has 0 heterocycles. The molecular weight excluding hydrogens is 324 g/mol. The summed E-state index contributed by atoms with van der Waals surface area (Å²) in [7, 11) is 3.32. The third-order valence-electron chi connectivity index (χ3n) is 4.08. The summed E-state index contributed by atoms with van der Waals surface area (Å²) in [4.78, 5) is 11.8. The number of ether oxygens (including phenoxy) is 2. The molecule has 0 spiro atoms. The summed E-state index contributed by atoms with van der Waals surface area (Å²) in [5.74, 6) is 1.76. The SMILES string of the molecule is COc1ccc(CCC=CC(=O)C=CCCc2ccc(OC)cc2)cc1. The lowest BCUT2D eigenvalue weighted by molar-refractivity contribution is -0.110. The molecule has 0 aliphatic rings. The molecule has 26 heavy (non-hydrogen) atoms. The minimum Gasteiger partial charge on any atom is -0.497 e. The zero-order valence-corrected chi connectivity index (χ0v) is 15.5. The van der Waals surface area contributed by atoms with Crippen molar-refractivity contribution >= 4 is 5.78 Å². The fourth-order valence-electron chi connectivity index (χ4n) is 2.54. The Kier molecular flexibility index (Phi) is 8.20. The van der Waals surface area contributed by atoms with E-state index in [0.717, 1.165) is 37.2 Å². The van der Waals surface area contributed by atoms with Gasteiger partial charge < -0.3 is 9.47 Å². The number of ketones is 1. The van der Waals surface area contributed by atoms with Crippen molar-refractivity contribution in [2.24, 2.45) is 0 Å². The van der Waals surface area contributed by atoms with E-state index in [2.05, 4.69) is 0 Å². The van der Waals surface area contributed by atoms with Gasteiger partial charge in [0.2, 0.25) is 0 Å². The first-order chi connectivity index (χ1) is 12.7. The molecule has 0 atom stereocenters. The lowest BCUT2D eigenvalue weighted by Crippen LogP contribution is -1.89. The van der Waals surface area contributed by atoms with E-state index in [1.165, 1.54) is 11.1 Å². The van der Waals surface area contributed by atoms with Gasteiger partial charge in [0.1, 0.15) is 11.5 Å². The fraction of sp³-hybridized carbons (Fsp3) is 0.261. The summed E-state index contributed by atoms with van der Waals surface area (Å²) in [6.45, 7) is 0. The van der Waals surface area contributed by atoms with E-state index in [1.54, 1.807) is 26.4 Å². The van der Waals surface area contributed by atoms with E-state index in [9.17, 15) is 4.79 Å². The molecule has 2 rings (SSSR count). The summed E-state index contributed by atoms with van der Waals surface area (Å²) < 4.78 is 10.3. The standard InChI is InChI=1S/C23H26O3/c1-25-22-15-11-19(12-16-22)7-3-5-9-21(24)10-6-4-8-20-13-17-23(26-2)18-14-20/h5-6,9-18H,3-4,7-8H2,1-2H3. The minimum atomic E-state index is 0.0365. The molecule has 0 saturated carbocycles. The Morgan fingerprint density at radius 3 is 1.46 bits per heavy atom. The lowest BCUT2D eigenvalue weighted by atomic mass is 10.1. The number of aryl methyl sites for hydroxylation is 2. The van der Waals surface area contributed by atoms with E-state index in [4.69, 9.17) is 9.47 Å². The topological polar surface area (TPSA) is 35.5 Å². The third kappa shape index (κ3) is 6.98. The van der Waals surface area contributed by atoms with Gasteiger partial charge in [-0.2, -0.15) is 0 Å². The van der Waals surface area contributed by atoms with E-state index in [1.807, 2.05) is 60.7 Å². The van der Waals surface area contributed by atoms with E-state index >= 15 is 0 Å². The quantitative estimate of drug-likeness (QED) is 0.569. The van der Waals surface area contributed by atoms with Gasteiger partial charge in [-0.3, -0.25) is 4.79 Å². The molecule has 0 N–H and O–H groups in total. The molecule has 0 amide bonds. The Hall–Kier alpha value is -2.81. The maximum absolute atomic E-state index is 11.8. The molecule has 2 aromatic carbocycles. The summed E-state index contributed by atoms with van der Waals surface area (Å²) >= 11 is 0. The molecule has 0 unspecified atom stereocenters. The highest BCUT2D eigenvalue weighted by atomic mass is 16.5. The van der Waals surface area contributed by atoms with Gasteiger partial charge in [-0.05, 0) is 73.2 Å². The van der Waals surface area contributed by atoms with Crippen molar-refractivity contribution < 1.29 is 14.3 Å². The van der Waals surface area contributed by atoms with Crippen molar-refractivity contribution in [1.82, 2.24) is 0 Å². The number of allylic oxidation sites excluding steroid dienone is 4. The second kappa shape index (κ2) is 10.9. The second-order valence-corrected chi connectivity index (χ2v) is 5.98. The van der Waals surface area contributed by atoms with Gasteiger partial charge >= 0.3 is 0 Å². The Morgan fingerprint density at radius 2 is 1.12 bits per heavy atom. The molecule has 2 aromatic rings. The number of carbonyl (C=O) groups is 1. The van der Waals surface area contributed by atoms with E-state index in [-0.39, 0.29) is 5.78 Å². The summed E-state index contributed by atoms with van der Waals surface area (Å²) in [6, 6.07) is 16.0. The fourth-order valence-corrected chi connectivity index (χ4v) is 2.54. The van der Waals surface area contributed by atoms with Crippen LogP contribution in [-0.2, 0) is 17.6 Å². The van der Waals surface area contributed by atoms with Gasteiger partial charge in [0.25, 0.3) is 0 Å². The van der Waals surface area contributed by atoms with Gasteiger partial charge in [-0.1, -0.05) is 36.4 Å². The molecule has 0 aromatic heterocycles. The first-order valence-electron chi connectivity index (χ1n) is 8.84. The molecule has 0 radical (unpaired) electrons.